The maximum atomic E-state index is 13.9. The molecule has 7 nitrogen and oxygen atoms in total. The van der Waals surface area contributed by atoms with Crippen LogP contribution in [0, 0.1) is 19.7 Å². The van der Waals surface area contributed by atoms with Gasteiger partial charge in [-0.15, -0.1) is 0 Å². The Morgan fingerprint density at radius 3 is 2.69 bits per heavy atom. The minimum Gasteiger partial charge on any atom is -0.467 e. The quantitative estimate of drug-likeness (QED) is 0.361. The topological polar surface area (TPSA) is 83.7 Å². The van der Waals surface area contributed by atoms with E-state index < -0.39 is 21.9 Å². The van der Waals surface area contributed by atoms with Gasteiger partial charge in [0.05, 0.1) is 27.9 Å². The number of thiazole rings is 1. The number of amides is 1. The highest BCUT2D eigenvalue weighted by Crippen LogP contribution is 2.35. The van der Waals surface area contributed by atoms with Crippen molar-refractivity contribution < 1.29 is 22.0 Å². The summed E-state index contributed by atoms with van der Waals surface area (Å²) in [6.45, 7) is 4.34. The second-order valence-electron chi connectivity index (χ2n) is 8.58. The smallest absolute Gasteiger partial charge is 0.247 e. The minimum absolute atomic E-state index is 0.0396. The fourth-order valence-corrected chi connectivity index (χ4v) is 7.01. The molecule has 0 bridgehead atoms. The predicted molar refractivity (Wildman–Crippen MR) is 132 cm³/mol. The van der Waals surface area contributed by atoms with Gasteiger partial charge in [0, 0.05) is 6.54 Å². The van der Waals surface area contributed by atoms with Crippen molar-refractivity contribution in [2.75, 3.05) is 11.4 Å². The summed E-state index contributed by atoms with van der Waals surface area (Å²) in [5.74, 6) is -0.321. The molecular weight excluding hydrogens is 489 g/mol. The van der Waals surface area contributed by atoms with E-state index in [1.165, 1.54) is 38.9 Å². The number of carbonyl (C=O) groups excluding carboxylic acids is 1. The van der Waals surface area contributed by atoms with Gasteiger partial charge in [-0.05, 0) is 80.3 Å². The zero-order valence-corrected chi connectivity index (χ0v) is 20.9. The molecule has 1 atom stereocenters. The summed E-state index contributed by atoms with van der Waals surface area (Å²) in [4.78, 5) is 20.2. The van der Waals surface area contributed by atoms with Crippen LogP contribution in [-0.4, -0.2) is 36.2 Å². The van der Waals surface area contributed by atoms with Gasteiger partial charge in [0.2, 0.25) is 15.9 Å². The molecule has 2 aromatic carbocycles. The van der Waals surface area contributed by atoms with Crippen molar-refractivity contribution in [3.63, 3.8) is 0 Å². The summed E-state index contributed by atoms with van der Waals surface area (Å²) in [7, 11) is -3.99. The molecule has 1 saturated heterocycles. The van der Waals surface area contributed by atoms with Gasteiger partial charge >= 0.3 is 0 Å². The maximum absolute atomic E-state index is 13.9. The Bertz CT molecular complexity index is 1480. The molecular formula is C25H24FN3O4S2. The molecule has 2 aromatic heterocycles. The Morgan fingerprint density at radius 2 is 1.97 bits per heavy atom. The van der Waals surface area contributed by atoms with E-state index in [9.17, 15) is 17.6 Å². The maximum Gasteiger partial charge on any atom is 0.247 e. The molecule has 0 radical (unpaired) electrons. The van der Waals surface area contributed by atoms with Crippen LogP contribution in [0.4, 0.5) is 9.52 Å². The van der Waals surface area contributed by atoms with Gasteiger partial charge in [-0.25, -0.2) is 17.8 Å². The normalized spacial score (nSPS) is 16.7. The van der Waals surface area contributed by atoms with Gasteiger partial charge in [0.25, 0.3) is 0 Å². The Labute approximate surface area is 206 Å². The van der Waals surface area contributed by atoms with Crippen molar-refractivity contribution in [1.29, 1.82) is 0 Å². The number of hydrogen-bond donors (Lipinski definition) is 0. The van der Waals surface area contributed by atoms with Crippen molar-refractivity contribution in [1.82, 2.24) is 9.29 Å². The van der Waals surface area contributed by atoms with Crippen LogP contribution in [0.2, 0.25) is 0 Å². The molecule has 1 unspecified atom stereocenters. The van der Waals surface area contributed by atoms with E-state index in [0.29, 0.717) is 23.7 Å². The zero-order chi connectivity index (χ0) is 24.7. The number of fused-ring (bicyclic) bond motifs is 1. The summed E-state index contributed by atoms with van der Waals surface area (Å²) < 4.78 is 47.8. The summed E-state index contributed by atoms with van der Waals surface area (Å²) in [5.41, 5.74) is 2.96. The van der Waals surface area contributed by atoms with Gasteiger partial charge < -0.3 is 4.42 Å². The van der Waals surface area contributed by atoms with Gasteiger partial charge in [-0.1, -0.05) is 17.4 Å². The molecule has 1 amide bonds. The number of halogens is 1. The summed E-state index contributed by atoms with van der Waals surface area (Å²) >= 11 is 1.39. The van der Waals surface area contributed by atoms with Crippen LogP contribution in [-0.2, 0) is 21.4 Å². The summed E-state index contributed by atoms with van der Waals surface area (Å²) in [6, 6.07) is 11.3. The van der Waals surface area contributed by atoms with E-state index in [0.717, 1.165) is 33.5 Å². The zero-order valence-electron chi connectivity index (χ0n) is 19.3. The van der Waals surface area contributed by atoms with Gasteiger partial charge in [-0.2, -0.15) is 4.31 Å². The average Bonchev–Trinajstić information content (AvgIpc) is 3.60. The number of aromatic nitrogens is 1. The SMILES string of the molecule is Cc1ccc2sc(N(Cc3ccco3)C(=O)C3CCCN3S(=O)(=O)c3ccc(F)cc3)nc2c1C. The number of sulfonamides is 1. The fourth-order valence-electron chi connectivity index (χ4n) is 4.32. The minimum atomic E-state index is -3.99. The van der Waals surface area contributed by atoms with Crippen LogP contribution in [0.15, 0.2) is 64.1 Å². The van der Waals surface area contributed by atoms with Crippen molar-refractivity contribution in [3.8, 4) is 0 Å². The first-order chi connectivity index (χ1) is 16.8. The molecule has 10 heteroatoms. The lowest BCUT2D eigenvalue weighted by Gasteiger charge is -2.28. The molecule has 1 fully saturated rings. The number of nitrogens with zero attached hydrogens (tertiary/aromatic N) is 3. The van der Waals surface area contributed by atoms with Gasteiger partial charge in [0.1, 0.15) is 17.6 Å². The first-order valence-corrected chi connectivity index (χ1v) is 13.5. The molecule has 1 aliphatic heterocycles. The first kappa shape index (κ1) is 23.7. The van der Waals surface area contributed by atoms with E-state index in [1.54, 1.807) is 12.1 Å². The Morgan fingerprint density at radius 1 is 1.20 bits per heavy atom. The third kappa shape index (κ3) is 4.37. The standard InChI is InChI=1S/C25H24FN3O4S2/c1-16-7-12-22-23(17(16)2)27-25(34-22)28(15-19-5-4-14-33-19)24(30)21-6-3-13-29(21)35(31,32)20-10-8-18(26)9-11-20/h4-5,7-12,14,21H,3,6,13,15H2,1-2H3. The lowest BCUT2D eigenvalue weighted by Crippen LogP contribution is -2.47. The van der Waals surface area contributed by atoms with Crippen LogP contribution in [0.3, 0.4) is 0 Å². The Kier molecular flexibility index (Phi) is 6.20. The van der Waals surface area contributed by atoms with Crippen LogP contribution in [0.1, 0.15) is 29.7 Å². The number of rotatable bonds is 6. The van der Waals surface area contributed by atoms with E-state index >= 15 is 0 Å². The molecule has 3 heterocycles. The van der Waals surface area contributed by atoms with Crippen molar-refractivity contribution >= 4 is 42.6 Å². The predicted octanol–water partition coefficient (Wildman–Crippen LogP) is 5.03. The van der Waals surface area contributed by atoms with E-state index in [-0.39, 0.29) is 23.9 Å². The molecule has 35 heavy (non-hydrogen) atoms. The second-order valence-corrected chi connectivity index (χ2v) is 11.5. The molecule has 0 aliphatic carbocycles. The molecule has 1 aliphatic rings. The van der Waals surface area contributed by atoms with Gasteiger partial charge in [0.15, 0.2) is 5.13 Å². The van der Waals surface area contributed by atoms with E-state index in [4.69, 9.17) is 9.40 Å². The number of hydrogen-bond acceptors (Lipinski definition) is 6. The highest BCUT2D eigenvalue weighted by atomic mass is 32.2. The molecule has 182 valence electrons. The van der Waals surface area contributed by atoms with Crippen molar-refractivity contribution in [2.45, 2.75) is 44.2 Å². The molecule has 5 rings (SSSR count). The largest absolute Gasteiger partial charge is 0.467 e. The third-order valence-corrected chi connectivity index (χ3v) is 9.34. The highest BCUT2D eigenvalue weighted by molar-refractivity contribution is 7.89. The first-order valence-electron chi connectivity index (χ1n) is 11.2. The lowest BCUT2D eigenvalue weighted by molar-refractivity contribution is -0.121. The number of carbonyl (C=O) groups is 1. The van der Waals surface area contributed by atoms with E-state index in [1.807, 2.05) is 26.0 Å². The average molecular weight is 514 g/mol. The van der Waals surface area contributed by atoms with Crippen LogP contribution in [0.25, 0.3) is 10.2 Å². The van der Waals surface area contributed by atoms with Crippen LogP contribution >= 0.6 is 11.3 Å². The molecule has 0 saturated carbocycles. The molecule has 4 aromatic rings. The molecule has 0 N–H and O–H groups in total. The Balaban J connectivity index is 1.53. The number of furan rings is 1. The van der Waals surface area contributed by atoms with E-state index in [2.05, 4.69) is 0 Å². The van der Waals surface area contributed by atoms with Crippen molar-refractivity contribution in [2.24, 2.45) is 0 Å². The highest BCUT2D eigenvalue weighted by Gasteiger charge is 2.42. The third-order valence-electron chi connectivity index (χ3n) is 6.37. The number of aryl methyl sites for hydroxylation is 2. The molecule has 0 spiro atoms. The fraction of sp³-hybridized carbons (Fsp3) is 0.280. The number of benzene rings is 2. The van der Waals surface area contributed by atoms with Gasteiger partial charge in [-0.3, -0.25) is 9.69 Å². The Hall–Kier alpha value is -3.08. The summed E-state index contributed by atoms with van der Waals surface area (Å²) in [5, 5.41) is 0.487. The lowest BCUT2D eigenvalue weighted by atomic mass is 10.1. The second kappa shape index (κ2) is 9.18. The number of anilines is 1. The van der Waals surface area contributed by atoms with Crippen LogP contribution < -0.4 is 4.90 Å². The van der Waals surface area contributed by atoms with Crippen molar-refractivity contribution in [3.05, 3.63) is 77.5 Å². The monoisotopic (exact) mass is 513 g/mol. The van der Waals surface area contributed by atoms with Crippen LogP contribution in [0.5, 0.6) is 0 Å². The summed E-state index contributed by atoms with van der Waals surface area (Å²) in [6.07, 6.45) is 2.46.